The van der Waals surface area contributed by atoms with Crippen LogP contribution in [0.1, 0.15) is 18.5 Å². The Hall–Kier alpha value is -3.81. The van der Waals surface area contributed by atoms with Crippen LogP contribution in [0.5, 0.6) is 0 Å². The molecule has 0 unspecified atom stereocenters. The van der Waals surface area contributed by atoms with Crippen molar-refractivity contribution in [2.75, 3.05) is 17.2 Å². The summed E-state index contributed by atoms with van der Waals surface area (Å²) in [6.45, 7) is 7.66. The largest absolute Gasteiger partial charge is 0.433 e. The summed E-state index contributed by atoms with van der Waals surface area (Å²) in [5, 5.41) is 5.83. The van der Waals surface area contributed by atoms with E-state index in [2.05, 4.69) is 35.4 Å². The number of nitrogens with zero attached hydrogens (tertiary/aromatic N) is 5. The van der Waals surface area contributed by atoms with Crippen LogP contribution < -0.4 is 10.6 Å². The molecule has 1 fully saturated rings. The number of anilines is 3. The second-order valence-corrected chi connectivity index (χ2v) is 6.97. The van der Waals surface area contributed by atoms with Crippen molar-refractivity contribution in [3.05, 3.63) is 59.3 Å². The van der Waals surface area contributed by atoms with Crippen molar-refractivity contribution >= 4 is 23.3 Å². The van der Waals surface area contributed by atoms with Gasteiger partial charge in [0.1, 0.15) is 17.2 Å². The van der Waals surface area contributed by atoms with E-state index in [1.54, 1.807) is 0 Å². The Morgan fingerprint density at radius 1 is 1.03 bits per heavy atom. The number of benzene rings is 1. The fraction of sp³-hybridized carbons (Fsp3) is 0.250. The number of nitrogens with one attached hydrogen (secondary N) is 2. The zero-order chi connectivity index (χ0) is 22.0. The van der Waals surface area contributed by atoms with Gasteiger partial charge < -0.3 is 10.6 Å². The molecule has 1 aliphatic carbocycles. The molecular formula is C20H15F4N7. The lowest BCUT2D eigenvalue weighted by molar-refractivity contribution is -0.141. The average molecular weight is 429 g/mol. The molecule has 2 aromatic heterocycles. The van der Waals surface area contributed by atoms with E-state index in [0.29, 0.717) is 12.5 Å². The van der Waals surface area contributed by atoms with Crippen molar-refractivity contribution < 1.29 is 17.6 Å². The van der Waals surface area contributed by atoms with Gasteiger partial charge in [0.25, 0.3) is 0 Å². The van der Waals surface area contributed by atoms with Crippen LogP contribution in [-0.4, -0.2) is 26.5 Å². The van der Waals surface area contributed by atoms with Gasteiger partial charge in [-0.3, -0.25) is 0 Å². The van der Waals surface area contributed by atoms with Crippen molar-refractivity contribution in [3.8, 4) is 11.5 Å². The molecule has 1 aromatic carbocycles. The molecule has 3 aromatic rings. The van der Waals surface area contributed by atoms with Crippen LogP contribution in [0.15, 0.2) is 36.4 Å². The standard InChI is InChI=1S/C20H15F4N7/c1-25-13-7-12(21)8-14(9-13)27-19-30-17(29-18(31-19)26-10-11-5-6-11)15-3-2-4-16(28-15)20(22,23)24/h2-4,7-9,11H,5-6,10H2,(H2,26,27,29,30,31). The monoisotopic (exact) mass is 429 g/mol. The van der Waals surface area contributed by atoms with Gasteiger partial charge in [0.15, 0.2) is 11.5 Å². The molecule has 0 bridgehead atoms. The van der Waals surface area contributed by atoms with Gasteiger partial charge >= 0.3 is 6.18 Å². The van der Waals surface area contributed by atoms with E-state index in [9.17, 15) is 17.6 Å². The van der Waals surface area contributed by atoms with E-state index < -0.39 is 17.7 Å². The molecule has 1 aliphatic rings. The molecule has 0 spiro atoms. The Bertz CT molecular complexity index is 1150. The summed E-state index contributed by atoms with van der Waals surface area (Å²) in [6, 6.07) is 7.06. The summed E-state index contributed by atoms with van der Waals surface area (Å²) in [5.74, 6) is -0.0854. The number of aromatic nitrogens is 4. The van der Waals surface area contributed by atoms with E-state index in [4.69, 9.17) is 6.57 Å². The number of pyridine rings is 1. The van der Waals surface area contributed by atoms with Gasteiger partial charge in [0.05, 0.1) is 6.57 Å². The van der Waals surface area contributed by atoms with Crippen LogP contribution in [0.4, 0.5) is 40.8 Å². The smallest absolute Gasteiger partial charge is 0.354 e. The van der Waals surface area contributed by atoms with Crippen LogP contribution in [-0.2, 0) is 6.18 Å². The number of halogens is 4. The highest BCUT2D eigenvalue weighted by molar-refractivity contribution is 5.63. The Morgan fingerprint density at radius 3 is 2.52 bits per heavy atom. The zero-order valence-corrected chi connectivity index (χ0v) is 15.9. The van der Waals surface area contributed by atoms with Crippen molar-refractivity contribution in [1.82, 2.24) is 19.9 Å². The van der Waals surface area contributed by atoms with Crippen molar-refractivity contribution in [2.24, 2.45) is 5.92 Å². The Kier molecular flexibility index (Phi) is 5.37. The van der Waals surface area contributed by atoms with Crippen molar-refractivity contribution in [1.29, 1.82) is 0 Å². The molecule has 0 radical (unpaired) electrons. The maximum absolute atomic E-state index is 13.7. The predicted octanol–water partition coefficient (Wildman–Crippen LogP) is 5.21. The first-order valence-electron chi connectivity index (χ1n) is 9.30. The van der Waals surface area contributed by atoms with Crippen LogP contribution >= 0.6 is 0 Å². The zero-order valence-electron chi connectivity index (χ0n) is 15.9. The maximum atomic E-state index is 13.7. The third-order valence-corrected chi connectivity index (χ3v) is 4.42. The summed E-state index contributed by atoms with van der Waals surface area (Å²) in [5.41, 5.74) is -0.869. The minimum absolute atomic E-state index is 0.0240. The first-order valence-corrected chi connectivity index (χ1v) is 9.30. The molecule has 2 N–H and O–H groups in total. The van der Waals surface area contributed by atoms with Crippen LogP contribution in [0.2, 0.25) is 0 Å². The van der Waals surface area contributed by atoms with Crippen molar-refractivity contribution in [3.63, 3.8) is 0 Å². The second-order valence-electron chi connectivity index (χ2n) is 6.97. The molecule has 4 rings (SSSR count). The molecular weight excluding hydrogens is 414 g/mol. The number of hydrogen-bond donors (Lipinski definition) is 2. The summed E-state index contributed by atoms with van der Waals surface area (Å²) in [7, 11) is 0. The Labute approximate surface area is 174 Å². The normalized spacial score (nSPS) is 13.5. The number of alkyl halides is 3. The third-order valence-electron chi connectivity index (χ3n) is 4.42. The predicted molar refractivity (Wildman–Crippen MR) is 105 cm³/mol. The molecule has 11 heteroatoms. The highest BCUT2D eigenvalue weighted by Crippen LogP contribution is 2.31. The lowest BCUT2D eigenvalue weighted by atomic mass is 10.2. The van der Waals surface area contributed by atoms with Crippen LogP contribution in [0.25, 0.3) is 16.4 Å². The molecule has 0 amide bonds. The molecule has 7 nitrogen and oxygen atoms in total. The minimum Gasteiger partial charge on any atom is -0.354 e. The van der Waals surface area contributed by atoms with E-state index in [-0.39, 0.29) is 34.8 Å². The fourth-order valence-electron chi connectivity index (χ4n) is 2.74. The number of hydrogen-bond acceptors (Lipinski definition) is 6. The summed E-state index contributed by atoms with van der Waals surface area (Å²) < 4.78 is 52.9. The summed E-state index contributed by atoms with van der Waals surface area (Å²) >= 11 is 0. The topological polar surface area (TPSA) is 80.0 Å². The maximum Gasteiger partial charge on any atom is 0.433 e. The lowest BCUT2D eigenvalue weighted by Crippen LogP contribution is -2.12. The SMILES string of the molecule is [C-]#[N+]c1cc(F)cc(Nc2nc(NCC3CC3)nc(-c3cccc(C(F)(F)F)n3)n2)c1. The molecule has 1 saturated carbocycles. The average Bonchev–Trinajstić information content (AvgIpc) is 3.56. The molecule has 0 atom stereocenters. The molecule has 158 valence electrons. The number of rotatable bonds is 6. The van der Waals surface area contributed by atoms with Crippen molar-refractivity contribution in [2.45, 2.75) is 19.0 Å². The first kappa shape index (κ1) is 20.5. The highest BCUT2D eigenvalue weighted by Gasteiger charge is 2.32. The van der Waals surface area contributed by atoms with Gasteiger partial charge in [-0.25, -0.2) is 14.2 Å². The van der Waals surface area contributed by atoms with E-state index in [1.807, 2.05) is 0 Å². The van der Waals surface area contributed by atoms with Gasteiger partial charge in [-0.1, -0.05) is 6.07 Å². The van der Waals surface area contributed by atoms with Crippen LogP contribution in [0.3, 0.4) is 0 Å². The molecule has 0 aliphatic heterocycles. The third kappa shape index (κ3) is 5.22. The Balaban J connectivity index is 1.71. The van der Waals surface area contributed by atoms with Gasteiger partial charge in [-0.15, -0.1) is 0 Å². The highest BCUT2D eigenvalue weighted by atomic mass is 19.4. The fourth-order valence-corrected chi connectivity index (χ4v) is 2.74. The minimum atomic E-state index is -4.62. The van der Waals surface area contributed by atoms with Crippen LogP contribution in [0, 0.1) is 18.3 Å². The van der Waals surface area contributed by atoms with Gasteiger partial charge in [-0.2, -0.15) is 28.1 Å². The van der Waals surface area contributed by atoms with E-state index in [0.717, 1.165) is 31.0 Å². The lowest BCUT2D eigenvalue weighted by Gasteiger charge is -2.11. The summed E-state index contributed by atoms with van der Waals surface area (Å²) in [6.07, 6.45) is -2.46. The molecule has 2 heterocycles. The molecule has 31 heavy (non-hydrogen) atoms. The van der Waals surface area contributed by atoms with Gasteiger partial charge in [-0.05, 0) is 49.1 Å². The van der Waals surface area contributed by atoms with Gasteiger partial charge in [0, 0.05) is 12.2 Å². The first-order chi connectivity index (χ1) is 14.8. The second kappa shape index (κ2) is 8.14. The van der Waals surface area contributed by atoms with E-state index in [1.165, 1.54) is 18.2 Å². The molecule has 0 saturated heterocycles. The quantitative estimate of drug-likeness (QED) is 0.414. The summed E-state index contributed by atoms with van der Waals surface area (Å²) in [4.78, 5) is 19.4. The van der Waals surface area contributed by atoms with E-state index >= 15 is 0 Å². The van der Waals surface area contributed by atoms with Gasteiger partial charge in [0.2, 0.25) is 11.9 Å². The Morgan fingerprint density at radius 2 is 1.81 bits per heavy atom.